The number of rotatable bonds is 6. The van der Waals surface area contributed by atoms with Gasteiger partial charge < -0.3 is 20.5 Å². The van der Waals surface area contributed by atoms with E-state index in [4.69, 9.17) is 15.2 Å². The second-order valence-corrected chi connectivity index (χ2v) is 5.90. The lowest BCUT2D eigenvalue weighted by Gasteiger charge is -2.30. The van der Waals surface area contributed by atoms with Gasteiger partial charge >= 0.3 is 11.9 Å². The van der Waals surface area contributed by atoms with Crippen molar-refractivity contribution in [1.82, 2.24) is 5.32 Å². The molecule has 0 aliphatic carbocycles. The summed E-state index contributed by atoms with van der Waals surface area (Å²) in [5, 5.41) is 14.1. The normalized spacial score (nSPS) is 16.7. The lowest BCUT2D eigenvalue weighted by Crippen LogP contribution is -2.32. The minimum absolute atomic E-state index is 0.00747. The van der Waals surface area contributed by atoms with Crippen LogP contribution in [0.5, 0.6) is 0 Å². The van der Waals surface area contributed by atoms with Crippen molar-refractivity contribution in [2.45, 2.75) is 19.8 Å². The number of methoxy groups -OCH3 is 1. The maximum Gasteiger partial charge on any atom is 0.336 e. The number of allylic oxidation sites excluding steroid dienone is 2. The van der Waals surface area contributed by atoms with Gasteiger partial charge in [-0.15, -0.1) is 0 Å². The first-order chi connectivity index (χ1) is 12.8. The average molecular weight is 375 g/mol. The molecule has 0 bridgehead atoms. The number of esters is 2. The fourth-order valence-electron chi connectivity index (χ4n) is 3.03. The monoisotopic (exact) mass is 375 g/mol. The Hall–Kier alpha value is -3.20. The standard InChI is InChI=1S/C18H21N3O6/c1-10-14(17(22)26-3)16(12-5-4-6-13(9-12)21(24)25)15(11(2)20-10)18(23)27-8-7-19/h4-6,9,16,20H,7-8,19H2,1-3H3. The number of ether oxygens (including phenoxy) is 2. The summed E-state index contributed by atoms with van der Waals surface area (Å²) < 4.78 is 10.0. The molecule has 0 aromatic heterocycles. The van der Waals surface area contributed by atoms with E-state index in [0.29, 0.717) is 17.0 Å². The fraction of sp³-hybridized carbons (Fsp3) is 0.333. The number of carbonyl (C=O) groups is 2. The maximum atomic E-state index is 12.6. The summed E-state index contributed by atoms with van der Waals surface area (Å²) in [5.41, 5.74) is 6.98. The Morgan fingerprint density at radius 2 is 1.85 bits per heavy atom. The third-order valence-electron chi connectivity index (χ3n) is 4.15. The SMILES string of the molecule is COC(=O)C1=C(C)NC(C)=C(C(=O)OCCN)C1c1cccc([N+](=O)[O-])c1. The summed E-state index contributed by atoms with van der Waals surface area (Å²) in [6.45, 7) is 3.49. The summed E-state index contributed by atoms with van der Waals surface area (Å²) in [7, 11) is 1.23. The van der Waals surface area contributed by atoms with Gasteiger partial charge in [0.25, 0.3) is 5.69 Å². The van der Waals surface area contributed by atoms with Crippen molar-refractivity contribution in [3.63, 3.8) is 0 Å². The van der Waals surface area contributed by atoms with Gasteiger partial charge in [0.1, 0.15) is 6.61 Å². The summed E-state index contributed by atoms with van der Waals surface area (Å²) in [6.07, 6.45) is 0. The molecule has 0 spiro atoms. The van der Waals surface area contributed by atoms with Gasteiger partial charge in [0.05, 0.1) is 29.1 Å². The van der Waals surface area contributed by atoms with E-state index in [-0.39, 0.29) is 30.0 Å². The highest BCUT2D eigenvalue weighted by Crippen LogP contribution is 2.40. The molecule has 1 heterocycles. The van der Waals surface area contributed by atoms with Gasteiger partial charge in [0.15, 0.2) is 0 Å². The molecular weight excluding hydrogens is 354 g/mol. The number of hydrogen-bond acceptors (Lipinski definition) is 8. The molecule has 1 aliphatic heterocycles. The van der Waals surface area contributed by atoms with Gasteiger partial charge in [-0.05, 0) is 19.4 Å². The van der Waals surface area contributed by atoms with Crippen LogP contribution >= 0.6 is 0 Å². The first kappa shape index (κ1) is 20.1. The Kier molecular flexibility index (Phi) is 6.30. The molecule has 0 amide bonds. The molecule has 27 heavy (non-hydrogen) atoms. The molecule has 1 aliphatic rings. The highest BCUT2D eigenvalue weighted by Gasteiger charge is 2.38. The number of non-ortho nitro benzene ring substituents is 1. The quantitative estimate of drug-likeness (QED) is 0.434. The minimum Gasteiger partial charge on any atom is -0.466 e. The first-order valence-corrected chi connectivity index (χ1v) is 8.20. The molecule has 9 heteroatoms. The van der Waals surface area contributed by atoms with Crippen LogP contribution in [0.1, 0.15) is 25.3 Å². The molecular formula is C18H21N3O6. The molecule has 0 radical (unpaired) electrons. The van der Waals surface area contributed by atoms with Gasteiger partial charge in [-0.25, -0.2) is 9.59 Å². The number of nitrogens with two attached hydrogens (primary N) is 1. The molecule has 1 atom stereocenters. The van der Waals surface area contributed by atoms with Crippen molar-refractivity contribution in [2.75, 3.05) is 20.3 Å². The van der Waals surface area contributed by atoms with E-state index in [0.717, 1.165) is 0 Å². The number of nitrogens with zero attached hydrogens (tertiary/aromatic N) is 1. The Morgan fingerprint density at radius 3 is 2.41 bits per heavy atom. The zero-order chi connectivity index (χ0) is 20.1. The summed E-state index contributed by atoms with van der Waals surface area (Å²) in [6, 6.07) is 5.78. The predicted molar refractivity (Wildman–Crippen MR) is 96.4 cm³/mol. The predicted octanol–water partition coefficient (Wildman–Crippen LogP) is 1.50. The number of dihydropyridines is 1. The molecule has 1 aromatic rings. The maximum absolute atomic E-state index is 12.6. The van der Waals surface area contributed by atoms with Crippen molar-refractivity contribution >= 4 is 17.6 Å². The van der Waals surface area contributed by atoms with E-state index in [1.54, 1.807) is 19.9 Å². The Balaban J connectivity index is 2.65. The molecule has 1 aromatic carbocycles. The van der Waals surface area contributed by atoms with Gasteiger partial charge in [0, 0.05) is 30.1 Å². The van der Waals surface area contributed by atoms with Gasteiger partial charge in [-0.1, -0.05) is 12.1 Å². The molecule has 0 fully saturated rings. The molecule has 1 unspecified atom stereocenters. The highest BCUT2D eigenvalue weighted by atomic mass is 16.6. The first-order valence-electron chi connectivity index (χ1n) is 8.20. The highest BCUT2D eigenvalue weighted by molar-refractivity contribution is 5.99. The van der Waals surface area contributed by atoms with Crippen molar-refractivity contribution < 1.29 is 24.0 Å². The van der Waals surface area contributed by atoms with Gasteiger partial charge in [-0.2, -0.15) is 0 Å². The molecule has 0 saturated carbocycles. The number of nitro groups is 1. The van der Waals surface area contributed by atoms with Crippen molar-refractivity contribution in [2.24, 2.45) is 5.73 Å². The molecule has 3 N–H and O–H groups in total. The molecule has 144 valence electrons. The Bertz CT molecular complexity index is 843. The van der Waals surface area contributed by atoms with Gasteiger partial charge in [-0.3, -0.25) is 10.1 Å². The smallest absolute Gasteiger partial charge is 0.336 e. The summed E-state index contributed by atoms with van der Waals surface area (Å²) in [4.78, 5) is 35.7. The third kappa shape index (κ3) is 4.14. The zero-order valence-corrected chi connectivity index (χ0v) is 15.3. The van der Waals surface area contributed by atoms with E-state index in [1.807, 2.05) is 0 Å². The second-order valence-electron chi connectivity index (χ2n) is 5.90. The number of hydrogen-bond donors (Lipinski definition) is 2. The van der Waals surface area contributed by atoms with Gasteiger partial charge in [0.2, 0.25) is 0 Å². The Labute approximate surface area is 156 Å². The van der Waals surface area contributed by atoms with Crippen LogP contribution in [0.15, 0.2) is 46.8 Å². The van der Waals surface area contributed by atoms with Crippen LogP contribution in [0.25, 0.3) is 0 Å². The van der Waals surface area contributed by atoms with Crippen LogP contribution in [-0.2, 0) is 19.1 Å². The van der Waals surface area contributed by atoms with Crippen LogP contribution in [0.3, 0.4) is 0 Å². The van der Waals surface area contributed by atoms with E-state index in [2.05, 4.69) is 5.32 Å². The molecule has 0 saturated heterocycles. The topological polar surface area (TPSA) is 134 Å². The van der Waals surface area contributed by atoms with E-state index < -0.39 is 22.8 Å². The largest absolute Gasteiger partial charge is 0.466 e. The van der Waals surface area contributed by atoms with Crippen LogP contribution < -0.4 is 11.1 Å². The van der Waals surface area contributed by atoms with Crippen molar-refractivity contribution in [3.05, 3.63) is 62.5 Å². The Morgan fingerprint density at radius 1 is 1.22 bits per heavy atom. The molecule has 9 nitrogen and oxygen atoms in total. The summed E-state index contributed by atoms with van der Waals surface area (Å²) in [5.74, 6) is -2.17. The lowest BCUT2D eigenvalue weighted by molar-refractivity contribution is -0.384. The van der Waals surface area contributed by atoms with Crippen molar-refractivity contribution in [3.8, 4) is 0 Å². The van der Waals surface area contributed by atoms with Crippen molar-refractivity contribution in [1.29, 1.82) is 0 Å². The second kappa shape index (κ2) is 8.45. The zero-order valence-electron chi connectivity index (χ0n) is 15.3. The van der Waals surface area contributed by atoms with Crippen LogP contribution in [0.4, 0.5) is 5.69 Å². The van der Waals surface area contributed by atoms with Crippen LogP contribution in [0.2, 0.25) is 0 Å². The number of carbonyl (C=O) groups excluding carboxylic acids is 2. The number of benzene rings is 1. The van der Waals surface area contributed by atoms with E-state index in [9.17, 15) is 19.7 Å². The number of nitrogens with one attached hydrogen (secondary N) is 1. The number of nitro benzene ring substituents is 1. The van der Waals surface area contributed by atoms with Crippen LogP contribution in [-0.4, -0.2) is 37.1 Å². The average Bonchev–Trinajstić information content (AvgIpc) is 2.64. The fourth-order valence-corrected chi connectivity index (χ4v) is 3.03. The molecule has 2 rings (SSSR count). The minimum atomic E-state index is -0.871. The lowest BCUT2D eigenvalue weighted by atomic mass is 9.80. The van der Waals surface area contributed by atoms with E-state index >= 15 is 0 Å². The summed E-state index contributed by atoms with van der Waals surface area (Å²) >= 11 is 0. The van der Waals surface area contributed by atoms with E-state index in [1.165, 1.54) is 25.3 Å². The van der Waals surface area contributed by atoms with Crippen LogP contribution in [0, 0.1) is 10.1 Å². The third-order valence-corrected chi connectivity index (χ3v) is 4.15.